The van der Waals surface area contributed by atoms with Crippen molar-refractivity contribution in [3.05, 3.63) is 0 Å². The molecule has 3 unspecified atom stereocenters. The molecule has 1 aliphatic heterocycles. The van der Waals surface area contributed by atoms with Crippen LogP contribution < -0.4 is 16.4 Å². The number of rotatable bonds is 9. The third kappa shape index (κ3) is 6.11. The van der Waals surface area contributed by atoms with Crippen LogP contribution in [0.1, 0.15) is 53.9 Å². The second-order valence-corrected chi connectivity index (χ2v) is 10.2. The fraction of sp³-hybridized carbons (Fsp3) is 0.818. The molecule has 10 nitrogen and oxygen atoms in total. The first-order chi connectivity index (χ1) is 14.8. The van der Waals surface area contributed by atoms with E-state index in [2.05, 4.69) is 24.5 Å². The Labute approximate surface area is 189 Å². The molecule has 10 heteroatoms. The number of methoxy groups -OCH3 is 1. The number of amides is 3. The number of carbonyl (C=O) groups excluding carboxylic acids is 4. The highest BCUT2D eigenvalue weighted by Crippen LogP contribution is 2.64. The number of fused-ring (bicyclic) bond motifs is 1. The van der Waals surface area contributed by atoms with Crippen molar-refractivity contribution in [1.82, 2.24) is 15.5 Å². The van der Waals surface area contributed by atoms with Crippen molar-refractivity contribution < 1.29 is 28.7 Å². The number of unbranched alkanes of at least 4 members (excludes halogenated alkanes) is 1. The van der Waals surface area contributed by atoms with Gasteiger partial charge in [-0.15, -0.1) is 0 Å². The predicted octanol–water partition coefficient (Wildman–Crippen LogP) is 0.781. The quantitative estimate of drug-likeness (QED) is 0.345. The zero-order chi connectivity index (χ0) is 24.3. The molecule has 1 aliphatic carbocycles. The van der Waals surface area contributed by atoms with E-state index in [4.69, 9.17) is 15.2 Å². The van der Waals surface area contributed by atoms with Gasteiger partial charge >= 0.3 is 12.1 Å². The van der Waals surface area contributed by atoms with E-state index in [-0.39, 0.29) is 35.6 Å². The predicted molar refractivity (Wildman–Crippen MR) is 117 cm³/mol. The summed E-state index contributed by atoms with van der Waals surface area (Å²) >= 11 is 0. The maximum Gasteiger partial charge on any atom is 0.408 e. The van der Waals surface area contributed by atoms with Crippen LogP contribution in [-0.4, -0.2) is 73.2 Å². The second-order valence-electron chi connectivity index (χ2n) is 10.2. The lowest BCUT2D eigenvalue weighted by molar-refractivity contribution is -0.147. The Balaban J connectivity index is 2.06. The standard InChI is InChI=1S/C22H38N4O6/c1-21(2,3)32-20(30)24-11-15(27)26-12-13-16(22(13,4)5)17(26)18(28)25-14(19(29)31-6)9-7-8-10-23/h13-14,16-17H,7-12,23H2,1-6H3,(H,24,30)(H,25,28)/t13?,14?,16?,17-/m0/s1. The Bertz CT molecular complexity index is 732. The number of ether oxygens (including phenoxy) is 2. The molecule has 4 N–H and O–H groups in total. The molecule has 1 heterocycles. The number of hydrogen-bond acceptors (Lipinski definition) is 7. The normalized spacial score (nSPS) is 24.2. The van der Waals surface area contributed by atoms with Crippen LogP contribution in [0.2, 0.25) is 0 Å². The molecule has 3 amide bonds. The van der Waals surface area contributed by atoms with Crippen molar-refractivity contribution in [2.75, 3.05) is 26.7 Å². The van der Waals surface area contributed by atoms with Crippen LogP contribution in [0, 0.1) is 17.3 Å². The number of nitrogens with zero attached hydrogens (tertiary/aromatic N) is 1. The highest BCUT2D eigenvalue weighted by molar-refractivity contribution is 5.93. The Kier molecular flexibility index (Phi) is 8.14. The van der Waals surface area contributed by atoms with E-state index in [0.29, 0.717) is 25.9 Å². The van der Waals surface area contributed by atoms with Crippen LogP contribution in [0.25, 0.3) is 0 Å². The topological polar surface area (TPSA) is 140 Å². The maximum atomic E-state index is 13.2. The Morgan fingerprint density at radius 3 is 2.41 bits per heavy atom. The summed E-state index contributed by atoms with van der Waals surface area (Å²) < 4.78 is 10.0. The minimum Gasteiger partial charge on any atom is -0.467 e. The molecule has 1 saturated carbocycles. The van der Waals surface area contributed by atoms with Gasteiger partial charge in [0.25, 0.3) is 0 Å². The summed E-state index contributed by atoms with van der Waals surface area (Å²) in [5.74, 6) is -1.08. The molecule has 2 aliphatic rings. The van der Waals surface area contributed by atoms with Crippen molar-refractivity contribution in [3.8, 4) is 0 Å². The zero-order valence-corrected chi connectivity index (χ0v) is 20.0. The molecule has 0 bridgehead atoms. The van der Waals surface area contributed by atoms with E-state index in [9.17, 15) is 19.2 Å². The minimum atomic E-state index is -0.795. The second kappa shape index (κ2) is 10.1. The van der Waals surface area contributed by atoms with E-state index in [1.165, 1.54) is 12.0 Å². The Hall–Kier alpha value is -2.36. The molecule has 32 heavy (non-hydrogen) atoms. The number of alkyl carbamates (subject to hydrolysis) is 1. The molecule has 0 aromatic carbocycles. The summed E-state index contributed by atoms with van der Waals surface area (Å²) in [6.07, 6.45) is 1.11. The van der Waals surface area contributed by atoms with Crippen LogP contribution in [0.15, 0.2) is 0 Å². The van der Waals surface area contributed by atoms with Gasteiger partial charge in [0.2, 0.25) is 11.8 Å². The van der Waals surface area contributed by atoms with Gasteiger partial charge in [-0.3, -0.25) is 9.59 Å². The summed E-state index contributed by atoms with van der Waals surface area (Å²) in [5.41, 5.74) is 4.78. The summed E-state index contributed by atoms with van der Waals surface area (Å²) in [6.45, 7) is 10.00. The van der Waals surface area contributed by atoms with Crippen LogP contribution in [0.5, 0.6) is 0 Å². The molecule has 0 spiro atoms. The molecule has 0 aromatic heterocycles. The average molecular weight is 455 g/mol. The van der Waals surface area contributed by atoms with Crippen LogP contribution in [0.4, 0.5) is 4.79 Å². The van der Waals surface area contributed by atoms with Crippen LogP contribution >= 0.6 is 0 Å². The van der Waals surface area contributed by atoms with Crippen molar-refractivity contribution in [2.45, 2.75) is 71.6 Å². The Morgan fingerprint density at radius 1 is 1.19 bits per heavy atom. The smallest absolute Gasteiger partial charge is 0.408 e. The lowest BCUT2D eigenvalue weighted by Gasteiger charge is -2.31. The van der Waals surface area contributed by atoms with Crippen molar-refractivity contribution in [2.24, 2.45) is 23.0 Å². The van der Waals surface area contributed by atoms with E-state index < -0.39 is 29.7 Å². The summed E-state index contributed by atoms with van der Waals surface area (Å²) in [6, 6.07) is -1.50. The van der Waals surface area contributed by atoms with Gasteiger partial charge in [0, 0.05) is 6.54 Å². The Morgan fingerprint density at radius 2 is 1.84 bits per heavy atom. The van der Waals surface area contributed by atoms with E-state index in [0.717, 1.165) is 6.42 Å². The molecular weight excluding hydrogens is 416 g/mol. The average Bonchev–Trinajstić information content (AvgIpc) is 3.04. The van der Waals surface area contributed by atoms with Gasteiger partial charge in [-0.2, -0.15) is 0 Å². The monoisotopic (exact) mass is 454 g/mol. The van der Waals surface area contributed by atoms with Crippen molar-refractivity contribution in [3.63, 3.8) is 0 Å². The van der Waals surface area contributed by atoms with Gasteiger partial charge in [-0.05, 0) is 63.8 Å². The SMILES string of the molecule is COC(=O)C(CCCCN)NC(=O)[C@@H]1C2C(CN1C(=O)CNC(=O)OC(C)(C)C)C2(C)C. The fourth-order valence-electron chi connectivity index (χ4n) is 4.55. The highest BCUT2D eigenvalue weighted by atomic mass is 16.6. The number of hydrogen-bond donors (Lipinski definition) is 3. The molecule has 4 atom stereocenters. The van der Waals surface area contributed by atoms with Gasteiger partial charge in [0.05, 0.1) is 7.11 Å². The van der Waals surface area contributed by atoms with Gasteiger partial charge in [-0.1, -0.05) is 13.8 Å². The molecule has 2 rings (SSSR count). The first-order valence-corrected chi connectivity index (χ1v) is 11.2. The van der Waals surface area contributed by atoms with Gasteiger partial charge < -0.3 is 30.7 Å². The zero-order valence-electron chi connectivity index (χ0n) is 20.0. The summed E-state index contributed by atoms with van der Waals surface area (Å²) in [4.78, 5) is 51.7. The van der Waals surface area contributed by atoms with E-state index >= 15 is 0 Å². The van der Waals surface area contributed by atoms with Crippen molar-refractivity contribution in [1.29, 1.82) is 0 Å². The van der Waals surface area contributed by atoms with Crippen LogP contribution in [-0.2, 0) is 23.9 Å². The molecule has 182 valence electrons. The maximum absolute atomic E-state index is 13.2. The number of nitrogens with two attached hydrogens (primary N) is 1. The van der Waals surface area contributed by atoms with Crippen molar-refractivity contribution >= 4 is 23.9 Å². The molecule has 0 radical (unpaired) electrons. The molecular formula is C22H38N4O6. The minimum absolute atomic E-state index is 0.00434. The molecule has 0 aromatic rings. The molecule has 1 saturated heterocycles. The van der Waals surface area contributed by atoms with Crippen LogP contribution in [0.3, 0.4) is 0 Å². The number of nitrogens with one attached hydrogen (secondary N) is 2. The lowest BCUT2D eigenvalue weighted by atomic mass is 9.99. The highest BCUT2D eigenvalue weighted by Gasteiger charge is 2.69. The third-order valence-electron chi connectivity index (χ3n) is 6.33. The summed E-state index contributed by atoms with van der Waals surface area (Å²) in [5, 5.41) is 5.24. The number of carbonyl (C=O) groups is 4. The van der Waals surface area contributed by atoms with E-state index in [1.807, 2.05) is 0 Å². The lowest BCUT2D eigenvalue weighted by Crippen LogP contribution is -2.55. The van der Waals surface area contributed by atoms with E-state index in [1.54, 1.807) is 20.8 Å². The summed E-state index contributed by atoms with van der Waals surface area (Å²) in [7, 11) is 1.28. The van der Waals surface area contributed by atoms with Gasteiger partial charge in [0.15, 0.2) is 0 Å². The number of piperidine rings is 1. The third-order valence-corrected chi connectivity index (χ3v) is 6.33. The largest absolute Gasteiger partial charge is 0.467 e. The number of esters is 1. The van der Waals surface area contributed by atoms with Gasteiger partial charge in [-0.25, -0.2) is 9.59 Å². The first kappa shape index (κ1) is 25.9. The molecule has 2 fully saturated rings. The number of likely N-dealkylation sites (tertiary alicyclic amines) is 1. The fourth-order valence-corrected chi connectivity index (χ4v) is 4.55. The van der Waals surface area contributed by atoms with Gasteiger partial charge in [0.1, 0.15) is 24.2 Å². The first-order valence-electron chi connectivity index (χ1n) is 11.2.